The minimum Gasteiger partial charge on any atom is -0.469 e. The number of esters is 2. The van der Waals surface area contributed by atoms with Gasteiger partial charge in [0.25, 0.3) is 0 Å². The molecule has 4 atom stereocenters. The second-order valence-electron chi connectivity index (χ2n) is 6.80. The van der Waals surface area contributed by atoms with Gasteiger partial charge in [0.15, 0.2) is 12.4 Å². The third kappa shape index (κ3) is 3.07. The molecule has 0 aliphatic heterocycles. The number of carbonyl (C=O) groups excluding carboxylic acids is 3. The highest BCUT2D eigenvalue weighted by Gasteiger charge is 2.55. The van der Waals surface area contributed by atoms with Crippen molar-refractivity contribution >= 4 is 17.7 Å². The third-order valence-electron chi connectivity index (χ3n) is 5.38. The average Bonchev–Trinajstić information content (AvgIpc) is 3.20. The van der Waals surface area contributed by atoms with Crippen LogP contribution in [0.2, 0.25) is 0 Å². The van der Waals surface area contributed by atoms with Gasteiger partial charge in [-0.3, -0.25) is 14.4 Å². The molecule has 5 nitrogen and oxygen atoms in total. The van der Waals surface area contributed by atoms with E-state index in [-0.39, 0.29) is 30.2 Å². The van der Waals surface area contributed by atoms with Crippen molar-refractivity contribution < 1.29 is 23.9 Å². The quantitative estimate of drug-likeness (QED) is 0.613. The summed E-state index contributed by atoms with van der Waals surface area (Å²) in [6.07, 6.45) is 2.76. The SMILES string of the molecule is COC(=O)[C@@H]1[C@H]2CC[C@@H](C2)[C@H]1C(=O)OCC(=O)c1ccc(C)cc1. The van der Waals surface area contributed by atoms with Gasteiger partial charge < -0.3 is 9.47 Å². The van der Waals surface area contributed by atoms with E-state index in [2.05, 4.69) is 0 Å². The molecule has 3 rings (SSSR count). The van der Waals surface area contributed by atoms with Gasteiger partial charge in [-0.15, -0.1) is 0 Å². The molecule has 0 N–H and O–H groups in total. The summed E-state index contributed by atoms with van der Waals surface area (Å²) in [6.45, 7) is 1.65. The van der Waals surface area contributed by atoms with Crippen LogP contribution in [-0.4, -0.2) is 31.4 Å². The smallest absolute Gasteiger partial charge is 0.310 e. The van der Waals surface area contributed by atoms with Crippen LogP contribution < -0.4 is 0 Å². The predicted molar refractivity (Wildman–Crippen MR) is 86.3 cm³/mol. The Labute approximate surface area is 141 Å². The topological polar surface area (TPSA) is 69.7 Å². The summed E-state index contributed by atoms with van der Waals surface area (Å²) >= 11 is 0. The third-order valence-corrected chi connectivity index (χ3v) is 5.38. The molecule has 0 unspecified atom stereocenters. The Hall–Kier alpha value is -2.17. The molecule has 0 aromatic heterocycles. The van der Waals surface area contributed by atoms with Gasteiger partial charge in [-0.2, -0.15) is 0 Å². The van der Waals surface area contributed by atoms with E-state index < -0.39 is 17.8 Å². The van der Waals surface area contributed by atoms with E-state index in [4.69, 9.17) is 9.47 Å². The number of aryl methyl sites for hydroxylation is 1. The van der Waals surface area contributed by atoms with Gasteiger partial charge in [0.1, 0.15) is 0 Å². The zero-order valence-corrected chi connectivity index (χ0v) is 14.0. The molecule has 0 saturated heterocycles. The molecule has 2 bridgehead atoms. The van der Waals surface area contributed by atoms with Crippen LogP contribution in [0.3, 0.4) is 0 Å². The van der Waals surface area contributed by atoms with Gasteiger partial charge in [-0.25, -0.2) is 0 Å². The van der Waals surface area contributed by atoms with Crippen molar-refractivity contribution in [2.75, 3.05) is 13.7 Å². The number of methoxy groups -OCH3 is 1. The summed E-state index contributed by atoms with van der Waals surface area (Å²) in [6, 6.07) is 7.14. The van der Waals surface area contributed by atoms with Crippen molar-refractivity contribution in [3.05, 3.63) is 35.4 Å². The van der Waals surface area contributed by atoms with Gasteiger partial charge in [-0.05, 0) is 38.0 Å². The van der Waals surface area contributed by atoms with Crippen LogP contribution in [0.25, 0.3) is 0 Å². The second-order valence-corrected chi connectivity index (χ2v) is 6.80. The van der Waals surface area contributed by atoms with Crippen LogP contribution in [0.5, 0.6) is 0 Å². The minimum atomic E-state index is -0.470. The summed E-state index contributed by atoms with van der Waals surface area (Å²) in [7, 11) is 1.34. The zero-order valence-electron chi connectivity index (χ0n) is 14.0. The molecule has 1 aromatic carbocycles. The second kappa shape index (κ2) is 6.75. The molecule has 0 radical (unpaired) electrons. The highest BCUT2D eigenvalue weighted by molar-refractivity contribution is 5.98. The van der Waals surface area contributed by atoms with Gasteiger partial charge in [-0.1, -0.05) is 29.8 Å². The minimum absolute atomic E-state index is 0.168. The highest BCUT2D eigenvalue weighted by atomic mass is 16.5. The van der Waals surface area contributed by atoms with E-state index >= 15 is 0 Å². The van der Waals surface area contributed by atoms with Crippen molar-refractivity contribution in [2.45, 2.75) is 26.2 Å². The summed E-state index contributed by atoms with van der Waals surface area (Å²) in [5.74, 6) is -1.54. The summed E-state index contributed by atoms with van der Waals surface area (Å²) < 4.78 is 10.1. The van der Waals surface area contributed by atoms with Crippen molar-refractivity contribution in [2.24, 2.45) is 23.7 Å². The first kappa shape index (κ1) is 16.7. The Morgan fingerprint density at radius 3 is 2.17 bits per heavy atom. The van der Waals surface area contributed by atoms with Gasteiger partial charge in [0, 0.05) is 5.56 Å². The van der Waals surface area contributed by atoms with E-state index in [9.17, 15) is 14.4 Å². The van der Waals surface area contributed by atoms with E-state index in [1.54, 1.807) is 12.1 Å². The molecule has 5 heteroatoms. The molecule has 0 spiro atoms. The first-order chi connectivity index (χ1) is 11.5. The maximum atomic E-state index is 12.5. The normalized spacial score (nSPS) is 27.8. The molecule has 2 saturated carbocycles. The lowest BCUT2D eigenvalue weighted by atomic mass is 9.79. The van der Waals surface area contributed by atoms with Gasteiger partial charge in [0.05, 0.1) is 18.9 Å². The first-order valence-corrected chi connectivity index (χ1v) is 8.35. The van der Waals surface area contributed by atoms with Crippen molar-refractivity contribution in [1.82, 2.24) is 0 Å². The predicted octanol–water partition coefficient (Wildman–Crippen LogP) is 2.56. The number of carbonyl (C=O) groups is 3. The molecule has 128 valence electrons. The molecule has 2 aliphatic rings. The number of ether oxygens (including phenoxy) is 2. The molecular formula is C19H22O5. The zero-order chi connectivity index (χ0) is 17.3. The monoisotopic (exact) mass is 330 g/mol. The maximum Gasteiger partial charge on any atom is 0.310 e. The molecule has 1 aromatic rings. The first-order valence-electron chi connectivity index (χ1n) is 8.35. The number of rotatable bonds is 5. The summed E-state index contributed by atoms with van der Waals surface area (Å²) in [5, 5.41) is 0. The molecular weight excluding hydrogens is 308 g/mol. The Bertz CT molecular complexity index is 648. The number of hydrogen-bond acceptors (Lipinski definition) is 5. The fourth-order valence-electron chi connectivity index (χ4n) is 4.16. The van der Waals surface area contributed by atoms with Gasteiger partial charge in [0.2, 0.25) is 0 Å². The van der Waals surface area contributed by atoms with Crippen LogP contribution in [0.15, 0.2) is 24.3 Å². The summed E-state index contributed by atoms with van der Waals surface area (Å²) in [4.78, 5) is 36.6. The van der Waals surface area contributed by atoms with Crippen LogP contribution in [0.1, 0.15) is 35.2 Å². The number of hydrogen-bond donors (Lipinski definition) is 0. The average molecular weight is 330 g/mol. The maximum absolute atomic E-state index is 12.5. The van der Waals surface area contributed by atoms with Crippen LogP contribution in [-0.2, 0) is 19.1 Å². The molecule has 0 amide bonds. The van der Waals surface area contributed by atoms with Crippen LogP contribution in [0.4, 0.5) is 0 Å². The van der Waals surface area contributed by atoms with Crippen molar-refractivity contribution in [3.63, 3.8) is 0 Å². The van der Waals surface area contributed by atoms with Crippen LogP contribution in [0, 0.1) is 30.6 Å². The van der Waals surface area contributed by atoms with E-state index in [0.29, 0.717) is 5.56 Å². The van der Waals surface area contributed by atoms with E-state index in [1.165, 1.54) is 7.11 Å². The fraction of sp³-hybridized carbons (Fsp3) is 0.526. The lowest BCUT2D eigenvalue weighted by molar-refractivity contribution is -0.161. The lowest BCUT2D eigenvalue weighted by Crippen LogP contribution is -2.37. The Morgan fingerprint density at radius 1 is 1.00 bits per heavy atom. The Balaban J connectivity index is 1.63. The standard InChI is InChI=1S/C19H22O5/c1-11-3-5-12(6-4-11)15(20)10-24-19(22)17-14-8-7-13(9-14)16(17)18(21)23-2/h3-6,13-14,16-17H,7-10H2,1-2H3/t13-,14-,16+,17+/m0/s1. The van der Waals surface area contributed by atoms with Crippen LogP contribution >= 0.6 is 0 Å². The van der Waals surface area contributed by atoms with E-state index in [0.717, 1.165) is 24.8 Å². The molecule has 0 heterocycles. The number of benzene rings is 1. The number of ketones is 1. The highest BCUT2D eigenvalue weighted by Crippen LogP contribution is 2.53. The lowest BCUT2D eigenvalue weighted by Gasteiger charge is -2.27. The Morgan fingerprint density at radius 2 is 1.58 bits per heavy atom. The molecule has 24 heavy (non-hydrogen) atoms. The Kier molecular flexibility index (Phi) is 4.69. The largest absolute Gasteiger partial charge is 0.469 e. The number of Topliss-reactive ketones (excluding diaryl/α,β-unsaturated/α-hetero) is 1. The summed E-state index contributed by atoms with van der Waals surface area (Å²) in [5.41, 5.74) is 1.58. The molecule has 2 aliphatic carbocycles. The molecule has 2 fully saturated rings. The van der Waals surface area contributed by atoms with E-state index in [1.807, 2.05) is 19.1 Å². The number of fused-ring (bicyclic) bond motifs is 2. The van der Waals surface area contributed by atoms with Crippen molar-refractivity contribution in [1.29, 1.82) is 0 Å². The van der Waals surface area contributed by atoms with Crippen molar-refractivity contribution in [3.8, 4) is 0 Å². The fourth-order valence-corrected chi connectivity index (χ4v) is 4.16. The van der Waals surface area contributed by atoms with Gasteiger partial charge >= 0.3 is 11.9 Å².